The lowest BCUT2D eigenvalue weighted by Crippen LogP contribution is -2.26. The van der Waals surface area contributed by atoms with Crippen molar-refractivity contribution in [3.8, 4) is 17.6 Å². The molecular formula is C24H22N2O5. The Balaban J connectivity index is 1.99. The highest BCUT2D eigenvalue weighted by Crippen LogP contribution is 2.27. The standard InChI is InChI=1S/C24H22N2O5/c1-24(2,3)31-23(29)30-21-14-18(15-25-22(27)28)26-20-12-11-17(13-19(20)21)10-9-16-7-5-4-6-8-16/h4-8,11-14,25H,15H2,1-3H3,(H,27,28). The Hall–Kier alpha value is -4.05. The van der Waals surface area contributed by atoms with E-state index in [4.69, 9.17) is 14.6 Å². The van der Waals surface area contributed by atoms with Crippen LogP contribution in [0.2, 0.25) is 0 Å². The number of amides is 1. The third-order valence-corrected chi connectivity index (χ3v) is 3.95. The van der Waals surface area contributed by atoms with Gasteiger partial charge in [0.1, 0.15) is 11.4 Å². The monoisotopic (exact) mass is 418 g/mol. The average Bonchev–Trinajstić information content (AvgIpc) is 2.70. The lowest BCUT2D eigenvalue weighted by Gasteiger charge is -2.19. The van der Waals surface area contributed by atoms with Gasteiger partial charge in [0.05, 0.1) is 17.8 Å². The molecule has 2 N–H and O–H groups in total. The van der Waals surface area contributed by atoms with Crippen LogP contribution in [0.5, 0.6) is 5.75 Å². The van der Waals surface area contributed by atoms with Crippen LogP contribution in [0.1, 0.15) is 37.6 Å². The summed E-state index contributed by atoms with van der Waals surface area (Å²) in [6.07, 6.45) is -2.04. The summed E-state index contributed by atoms with van der Waals surface area (Å²) in [7, 11) is 0. The van der Waals surface area contributed by atoms with Crippen LogP contribution >= 0.6 is 0 Å². The topological polar surface area (TPSA) is 97.8 Å². The third-order valence-electron chi connectivity index (χ3n) is 3.95. The smallest absolute Gasteiger partial charge is 0.465 e. The second kappa shape index (κ2) is 9.18. The van der Waals surface area contributed by atoms with Gasteiger partial charge in [0.15, 0.2) is 0 Å². The maximum Gasteiger partial charge on any atom is 0.514 e. The minimum absolute atomic E-state index is 0.0362. The molecule has 0 saturated heterocycles. The Labute approximate surface area is 180 Å². The molecule has 3 rings (SSSR count). The molecule has 7 nitrogen and oxygen atoms in total. The molecule has 31 heavy (non-hydrogen) atoms. The number of ether oxygens (including phenoxy) is 2. The molecule has 0 unspecified atom stereocenters. The number of hydrogen-bond acceptors (Lipinski definition) is 5. The number of benzene rings is 2. The summed E-state index contributed by atoms with van der Waals surface area (Å²) in [5, 5.41) is 11.7. The van der Waals surface area contributed by atoms with Crippen LogP contribution in [0.15, 0.2) is 54.6 Å². The van der Waals surface area contributed by atoms with Gasteiger partial charge in [0.25, 0.3) is 0 Å². The van der Waals surface area contributed by atoms with E-state index in [9.17, 15) is 9.59 Å². The molecule has 7 heteroatoms. The SMILES string of the molecule is CC(C)(C)OC(=O)Oc1cc(CNC(=O)O)nc2ccc(C#Cc3ccccc3)cc12. The van der Waals surface area contributed by atoms with Crippen molar-refractivity contribution in [2.75, 3.05) is 0 Å². The number of fused-ring (bicyclic) bond motifs is 1. The zero-order valence-corrected chi connectivity index (χ0v) is 17.4. The summed E-state index contributed by atoms with van der Waals surface area (Å²) in [5.41, 5.74) is 1.80. The van der Waals surface area contributed by atoms with Crippen molar-refractivity contribution in [3.05, 3.63) is 71.4 Å². The molecule has 0 bridgehead atoms. The first kappa shape index (κ1) is 21.7. The second-order valence-electron chi connectivity index (χ2n) is 7.68. The number of pyridine rings is 1. The molecule has 0 fully saturated rings. The maximum atomic E-state index is 12.2. The largest absolute Gasteiger partial charge is 0.514 e. The second-order valence-corrected chi connectivity index (χ2v) is 7.68. The van der Waals surface area contributed by atoms with E-state index in [2.05, 4.69) is 22.1 Å². The Morgan fingerprint density at radius 1 is 1.03 bits per heavy atom. The summed E-state index contributed by atoms with van der Waals surface area (Å²) in [6, 6.07) is 16.4. The first-order valence-corrected chi connectivity index (χ1v) is 9.58. The van der Waals surface area contributed by atoms with Crippen LogP contribution in [0.25, 0.3) is 10.9 Å². The van der Waals surface area contributed by atoms with Crippen LogP contribution < -0.4 is 10.1 Å². The first-order valence-electron chi connectivity index (χ1n) is 9.58. The van der Waals surface area contributed by atoms with Crippen molar-refractivity contribution in [1.82, 2.24) is 10.3 Å². The summed E-state index contributed by atoms with van der Waals surface area (Å²) >= 11 is 0. The van der Waals surface area contributed by atoms with Crippen LogP contribution in [0.3, 0.4) is 0 Å². The van der Waals surface area contributed by atoms with Crippen molar-refractivity contribution >= 4 is 23.2 Å². The van der Waals surface area contributed by atoms with E-state index in [1.165, 1.54) is 6.07 Å². The summed E-state index contributed by atoms with van der Waals surface area (Å²) in [5.74, 6) is 6.38. The normalized spacial score (nSPS) is 10.7. The van der Waals surface area contributed by atoms with Gasteiger partial charge >= 0.3 is 12.2 Å². The molecule has 1 heterocycles. The fourth-order valence-electron chi connectivity index (χ4n) is 2.69. The number of carbonyl (C=O) groups is 2. The quantitative estimate of drug-likeness (QED) is 0.472. The molecule has 0 aliphatic heterocycles. The number of nitrogens with one attached hydrogen (secondary N) is 1. The number of rotatable bonds is 3. The molecule has 0 spiro atoms. The Morgan fingerprint density at radius 3 is 2.42 bits per heavy atom. The van der Waals surface area contributed by atoms with Gasteiger partial charge in [-0.1, -0.05) is 30.0 Å². The van der Waals surface area contributed by atoms with Gasteiger partial charge in [-0.3, -0.25) is 4.98 Å². The van der Waals surface area contributed by atoms with Gasteiger partial charge in [-0.15, -0.1) is 0 Å². The molecule has 0 radical (unpaired) electrons. The highest BCUT2D eigenvalue weighted by atomic mass is 16.7. The van der Waals surface area contributed by atoms with Gasteiger partial charge in [0, 0.05) is 22.6 Å². The predicted molar refractivity (Wildman–Crippen MR) is 116 cm³/mol. The molecular weight excluding hydrogens is 396 g/mol. The number of aromatic nitrogens is 1. The Morgan fingerprint density at radius 2 is 1.74 bits per heavy atom. The zero-order chi connectivity index (χ0) is 22.4. The summed E-state index contributed by atoms with van der Waals surface area (Å²) in [6.45, 7) is 5.17. The van der Waals surface area contributed by atoms with E-state index >= 15 is 0 Å². The lowest BCUT2D eigenvalue weighted by atomic mass is 10.1. The first-order chi connectivity index (χ1) is 14.7. The van der Waals surface area contributed by atoms with E-state index in [-0.39, 0.29) is 12.3 Å². The highest BCUT2D eigenvalue weighted by molar-refractivity contribution is 5.88. The van der Waals surface area contributed by atoms with Crippen LogP contribution in [-0.4, -0.2) is 27.9 Å². The van der Waals surface area contributed by atoms with Crippen molar-refractivity contribution < 1.29 is 24.2 Å². The highest BCUT2D eigenvalue weighted by Gasteiger charge is 2.20. The molecule has 2 aromatic carbocycles. The van der Waals surface area contributed by atoms with E-state index in [1.54, 1.807) is 39.0 Å². The van der Waals surface area contributed by atoms with Crippen molar-refractivity contribution in [2.45, 2.75) is 32.9 Å². The predicted octanol–water partition coefficient (Wildman–Crippen LogP) is 4.72. The van der Waals surface area contributed by atoms with Gasteiger partial charge < -0.3 is 19.9 Å². The minimum Gasteiger partial charge on any atom is -0.465 e. The molecule has 0 aliphatic rings. The fraction of sp³-hybridized carbons (Fsp3) is 0.208. The molecule has 0 atom stereocenters. The molecule has 1 aromatic heterocycles. The fourth-order valence-corrected chi connectivity index (χ4v) is 2.69. The van der Waals surface area contributed by atoms with E-state index < -0.39 is 17.8 Å². The Bertz CT molecular complexity index is 1170. The molecule has 0 saturated carbocycles. The summed E-state index contributed by atoms with van der Waals surface area (Å²) < 4.78 is 10.7. The average molecular weight is 418 g/mol. The Kier molecular flexibility index (Phi) is 6.41. The number of carbonyl (C=O) groups excluding carboxylic acids is 1. The van der Waals surface area contributed by atoms with Gasteiger partial charge in [-0.05, 0) is 51.1 Å². The lowest BCUT2D eigenvalue weighted by molar-refractivity contribution is 0.0209. The van der Waals surface area contributed by atoms with Crippen molar-refractivity contribution in [2.24, 2.45) is 0 Å². The van der Waals surface area contributed by atoms with Gasteiger partial charge in [-0.25, -0.2) is 9.59 Å². The van der Waals surface area contributed by atoms with Crippen molar-refractivity contribution in [1.29, 1.82) is 0 Å². The van der Waals surface area contributed by atoms with Crippen LogP contribution in [-0.2, 0) is 11.3 Å². The number of carboxylic acid groups (broad SMARTS) is 1. The van der Waals surface area contributed by atoms with Gasteiger partial charge in [-0.2, -0.15) is 0 Å². The molecule has 1 amide bonds. The van der Waals surface area contributed by atoms with E-state index in [0.717, 1.165) is 5.56 Å². The van der Waals surface area contributed by atoms with E-state index in [1.807, 2.05) is 30.3 Å². The van der Waals surface area contributed by atoms with Crippen LogP contribution in [0, 0.1) is 11.8 Å². The number of hydrogen-bond donors (Lipinski definition) is 2. The molecule has 0 aliphatic carbocycles. The minimum atomic E-state index is -1.18. The maximum absolute atomic E-state index is 12.2. The van der Waals surface area contributed by atoms with E-state index in [0.29, 0.717) is 22.2 Å². The summed E-state index contributed by atoms with van der Waals surface area (Å²) in [4.78, 5) is 27.5. The van der Waals surface area contributed by atoms with Crippen molar-refractivity contribution in [3.63, 3.8) is 0 Å². The number of nitrogens with zero attached hydrogens (tertiary/aromatic N) is 1. The molecule has 158 valence electrons. The van der Waals surface area contributed by atoms with Gasteiger partial charge in [0.2, 0.25) is 0 Å². The zero-order valence-electron chi connectivity index (χ0n) is 17.4. The molecule has 3 aromatic rings. The van der Waals surface area contributed by atoms with Crippen LogP contribution in [0.4, 0.5) is 9.59 Å². The third kappa shape index (κ3) is 6.47.